The van der Waals surface area contributed by atoms with E-state index in [9.17, 15) is 4.79 Å². The van der Waals surface area contributed by atoms with Crippen molar-refractivity contribution in [1.29, 1.82) is 0 Å². The van der Waals surface area contributed by atoms with Crippen molar-refractivity contribution in [3.05, 3.63) is 11.9 Å². The number of nitrogens with zero attached hydrogens (tertiary/aromatic N) is 1. The van der Waals surface area contributed by atoms with Crippen molar-refractivity contribution in [2.45, 2.75) is 0 Å². The third-order valence-electron chi connectivity index (χ3n) is 0.382. The highest BCUT2D eigenvalue weighted by atomic mass is 16.1. The number of hydrogen-bond acceptors (Lipinski definition) is 2. The highest BCUT2D eigenvalue weighted by molar-refractivity contribution is 5.43. The summed E-state index contributed by atoms with van der Waals surface area (Å²) >= 11 is 0. The van der Waals surface area contributed by atoms with Gasteiger partial charge in [0.2, 0.25) is 0 Å². The Morgan fingerprint density at radius 3 is 2.29 bits per heavy atom. The summed E-state index contributed by atoms with van der Waals surface area (Å²) in [6.45, 7) is 0. The lowest BCUT2D eigenvalue weighted by Gasteiger charge is -1.97. The molecule has 0 aliphatic carbocycles. The molecule has 0 rings (SSSR count). The van der Waals surface area contributed by atoms with Crippen molar-refractivity contribution in [1.82, 2.24) is 4.90 Å². The first-order valence-electron chi connectivity index (χ1n) is 1.90. The lowest BCUT2D eigenvalue weighted by atomic mass is 10.8. The summed E-state index contributed by atoms with van der Waals surface area (Å²) in [6.07, 6.45) is 1.51. The number of carbonyl (C=O) groups excluding carboxylic acids is 1. The molecule has 0 aromatic carbocycles. The molecule has 0 aliphatic heterocycles. The second kappa shape index (κ2) is 3.23. The molecule has 0 N–H and O–H groups in total. The van der Waals surface area contributed by atoms with Crippen LogP contribution in [0.1, 0.15) is 0 Å². The Kier molecular flexibility index (Phi) is 2.78. The summed E-state index contributed by atoms with van der Waals surface area (Å²) in [6, 6.07) is 0. The summed E-state index contributed by atoms with van der Waals surface area (Å²) in [5, 5.41) is 0. The first-order chi connectivity index (χ1) is 3.27. The fraction of sp³-hybridized carbons (Fsp3) is 0.400. The highest BCUT2D eigenvalue weighted by Gasteiger charge is 1.66. The standard InChI is InChI=1S/C5H7NO/c1-6(2)4-3-5-7/h4H,1-2H3. The van der Waals surface area contributed by atoms with E-state index in [1.807, 2.05) is 14.1 Å². The summed E-state index contributed by atoms with van der Waals surface area (Å²) in [4.78, 5) is 11.1. The van der Waals surface area contributed by atoms with E-state index in [4.69, 9.17) is 0 Å². The Labute approximate surface area is 42.7 Å². The summed E-state index contributed by atoms with van der Waals surface area (Å²) in [5.74, 6) is 1.50. The molecule has 0 aromatic rings. The SMILES string of the molecule is CN(C)C=C=C=O. The normalized spacial score (nSPS) is 6.00. The lowest BCUT2D eigenvalue weighted by Crippen LogP contribution is -1.98. The molecule has 38 valence electrons. The van der Waals surface area contributed by atoms with Crippen molar-refractivity contribution >= 4 is 5.94 Å². The number of hydrogen-bond donors (Lipinski definition) is 0. The quantitative estimate of drug-likeness (QED) is 0.340. The molecule has 0 aromatic heterocycles. The Balaban J connectivity index is 3.69. The van der Waals surface area contributed by atoms with Gasteiger partial charge in [0.25, 0.3) is 0 Å². The third-order valence-corrected chi connectivity index (χ3v) is 0.382. The molecule has 0 spiro atoms. The molecule has 0 saturated heterocycles. The van der Waals surface area contributed by atoms with Crippen molar-refractivity contribution in [2.24, 2.45) is 0 Å². The van der Waals surface area contributed by atoms with Gasteiger partial charge in [-0.25, -0.2) is 4.79 Å². The van der Waals surface area contributed by atoms with E-state index in [-0.39, 0.29) is 0 Å². The predicted molar refractivity (Wildman–Crippen MR) is 27.5 cm³/mol. The van der Waals surface area contributed by atoms with Crippen molar-refractivity contribution in [2.75, 3.05) is 14.1 Å². The molecule has 0 atom stereocenters. The summed E-state index contributed by atoms with van der Waals surface area (Å²) < 4.78 is 0. The van der Waals surface area contributed by atoms with E-state index in [1.165, 1.54) is 12.1 Å². The van der Waals surface area contributed by atoms with Crippen molar-refractivity contribution in [3.63, 3.8) is 0 Å². The summed E-state index contributed by atoms with van der Waals surface area (Å²) in [7, 11) is 3.62. The maximum absolute atomic E-state index is 9.42. The molecule has 0 radical (unpaired) electrons. The van der Waals surface area contributed by atoms with Gasteiger partial charge in [0.1, 0.15) is 0 Å². The average molecular weight is 97.1 g/mol. The number of rotatable bonds is 1. The van der Waals surface area contributed by atoms with E-state index in [0.29, 0.717) is 0 Å². The van der Waals surface area contributed by atoms with E-state index in [0.717, 1.165) is 0 Å². The van der Waals surface area contributed by atoms with E-state index in [1.54, 1.807) is 4.90 Å². The Bertz CT molecular complexity index is 116. The molecule has 0 unspecified atom stereocenters. The van der Waals surface area contributed by atoms with Gasteiger partial charge in [0.05, 0.1) is 6.20 Å². The van der Waals surface area contributed by atoms with Crippen LogP contribution in [0.15, 0.2) is 11.9 Å². The third kappa shape index (κ3) is 5.03. The van der Waals surface area contributed by atoms with Gasteiger partial charge in [0, 0.05) is 14.1 Å². The molecular weight excluding hydrogens is 90.1 g/mol. The zero-order chi connectivity index (χ0) is 5.70. The van der Waals surface area contributed by atoms with Gasteiger partial charge in [-0.1, -0.05) is 0 Å². The first kappa shape index (κ1) is 6.03. The average Bonchev–Trinajstić information content (AvgIpc) is 1.61. The molecule has 7 heavy (non-hydrogen) atoms. The predicted octanol–water partition coefficient (Wildman–Crippen LogP) is 0.0484. The Morgan fingerprint density at radius 2 is 2.14 bits per heavy atom. The van der Waals surface area contributed by atoms with E-state index in [2.05, 4.69) is 5.73 Å². The molecule has 0 amide bonds. The van der Waals surface area contributed by atoms with Crippen LogP contribution in [-0.2, 0) is 4.79 Å². The molecule has 2 nitrogen and oxygen atoms in total. The Hall–Kier alpha value is -0.970. The topological polar surface area (TPSA) is 20.3 Å². The fourth-order valence-corrected chi connectivity index (χ4v) is 0.155. The van der Waals surface area contributed by atoms with Gasteiger partial charge in [-0.3, -0.25) is 0 Å². The molecule has 0 saturated carbocycles. The van der Waals surface area contributed by atoms with Gasteiger partial charge in [-0.2, -0.15) is 0 Å². The van der Waals surface area contributed by atoms with Crippen LogP contribution in [0.2, 0.25) is 0 Å². The van der Waals surface area contributed by atoms with Crippen LogP contribution >= 0.6 is 0 Å². The van der Waals surface area contributed by atoms with E-state index >= 15 is 0 Å². The Morgan fingerprint density at radius 1 is 1.57 bits per heavy atom. The highest BCUT2D eigenvalue weighted by Crippen LogP contribution is 1.67. The second-order valence-corrected chi connectivity index (χ2v) is 1.34. The summed E-state index contributed by atoms with van der Waals surface area (Å²) in [5.41, 5.74) is 2.24. The van der Waals surface area contributed by atoms with Crippen LogP contribution in [0.4, 0.5) is 0 Å². The monoisotopic (exact) mass is 97.1 g/mol. The van der Waals surface area contributed by atoms with Crippen molar-refractivity contribution < 1.29 is 4.79 Å². The molecular formula is C5H7NO. The minimum atomic E-state index is 1.50. The first-order valence-corrected chi connectivity index (χ1v) is 1.90. The minimum absolute atomic E-state index is 1.50. The van der Waals surface area contributed by atoms with E-state index < -0.39 is 0 Å². The molecule has 0 heterocycles. The van der Waals surface area contributed by atoms with Gasteiger partial charge >= 0.3 is 0 Å². The maximum atomic E-state index is 9.42. The van der Waals surface area contributed by atoms with Gasteiger partial charge in [-0.15, -0.1) is 0 Å². The van der Waals surface area contributed by atoms with Crippen LogP contribution in [0.25, 0.3) is 0 Å². The second-order valence-electron chi connectivity index (χ2n) is 1.34. The van der Waals surface area contributed by atoms with Crippen molar-refractivity contribution in [3.8, 4) is 0 Å². The zero-order valence-corrected chi connectivity index (χ0v) is 4.43. The van der Waals surface area contributed by atoms with Crippen LogP contribution in [0.5, 0.6) is 0 Å². The molecule has 0 bridgehead atoms. The largest absolute Gasteiger partial charge is 0.377 e. The minimum Gasteiger partial charge on any atom is -0.377 e. The molecule has 0 fully saturated rings. The zero-order valence-electron chi connectivity index (χ0n) is 4.43. The molecule has 2 heteroatoms. The maximum Gasteiger partial charge on any atom is 0.178 e. The molecule has 0 aliphatic rings. The van der Waals surface area contributed by atoms with Crippen LogP contribution in [0, 0.1) is 0 Å². The smallest absolute Gasteiger partial charge is 0.178 e. The van der Waals surface area contributed by atoms with Crippen LogP contribution < -0.4 is 0 Å². The van der Waals surface area contributed by atoms with Gasteiger partial charge in [0.15, 0.2) is 5.94 Å². The van der Waals surface area contributed by atoms with Gasteiger partial charge in [-0.05, 0) is 5.73 Å². The van der Waals surface area contributed by atoms with Crippen LogP contribution in [0.3, 0.4) is 0 Å². The van der Waals surface area contributed by atoms with Crippen LogP contribution in [-0.4, -0.2) is 24.9 Å². The fourth-order valence-electron chi connectivity index (χ4n) is 0.155. The van der Waals surface area contributed by atoms with Gasteiger partial charge < -0.3 is 4.90 Å². The lowest BCUT2D eigenvalue weighted by molar-refractivity contribution is 0.559.